The minimum absolute atomic E-state index is 0.0703. The van der Waals surface area contributed by atoms with Gasteiger partial charge in [-0.2, -0.15) is 0 Å². The highest BCUT2D eigenvalue weighted by Gasteiger charge is 2.29. The summed E-state index contributed by atoms with van der Waals surface area (Å²) in [5, 5.41) is 3.75. The highest BCUT2D eigenvalue weighted by atomic mass is 79.9. The summed E-state index contributed by atoms with van der Waals surface area (Å²) < 4.78 is 2.66. The number of amides is 1. The lowest BCUT2D eigenvalue weighted by atomic mass is 10.1. The summed E-state index contributed by atoms with van der Waals surface area (Å²) in [5.41, 5.74) is 2.17. The van der Waals surface area contributed by atoms with Crippen LogP contribution in [0.1, 0.15) is 47.6 Å². The Kier molecular flexibility index (Phi) is 8.67. The Hall–Kier alpha value is -3.29. The highest BCUT2D eigenvalue weighted by Crippen LogP contribution is 2.27. The zero-order chi connectivity index (χ0) is 25.5. The molecule has 1 aromatic heterocycles. The monoisotopic (exact) mass is 546 g/mol. The van der Waals surface area contributed by atoms with Crippen LogP contribution in [0, 0.1) is 0 Å². The zero-order valence-electron chi connectivity index (χ0n) is 20.7. The highest BCUT2D eigenvalue weighted by molar-refractivity contribution is 9.10. The standard InChI is InChI=1S/C29H31BrN4O2/c1-3-26(33(19-9-18-31-2)28(35)22-14-16-23(30)17-15-22)27-32-25-13-8-7-12-24(25)29(36)34(27)20-21-10-5-4-6-11-21/h4-8,10-17,26,31H,3,9,18-20H2,1-2H3. The van der Waals surface area contributed by atoms with Crippen LogP contribution in [-0.2, 0) is 6.54 Å². The number of nitrogens with one attached hydrogen (secondary N) is 1. The van der Waals surface area contributed by atoms with Crippen molar-refractivity contribution in [3.63, 3.8) is 0 Å². The molecule has 4 aromatic rings. The Morgan fingerprint density at radius 2 is 1.72 bits per heavy atom. The third-order valence-corrected chi connectivity index (χ3v) is 6.84. The number of fused-ring (bicyclic) bond motifs is 1. The summed E-state index contributed by atoms with van der Waals surface area (Å²) in [7, 11) is 1.90. The van der Waals surface area contributed by atoms with Crippen molar-refractivity contribution in [1.82, 2.24) is 19.8 Å². The molecule has 6 nitrogen and oxygen atoms in total. The minimum atomic E-state index is -0.362. The Labute approximate surface area is 220 Å². The molecule has 4 rings (SSSR count). The van der Waals surface area contributed by atoms with Gasteiger partial charge in [-0.1, -0.05) is 65.3 Å². The van der Waals surface area contributed by atoms with Crippen molar-refractivity contribution < 1.29 is 4.79 Å². The van der Waals surface area contributed by atoms with Crippen molar-refractivity contribution in [2.45, 2.75) is 32.4 Å². The number of carbonyl (C=O) groups is 1. The predicted molar refractivity (Wildman–Crippen MR) is 148 cm³/mol. The number of para-hydroxylation sites is 1. The number of hydrogen-bond donors (Lipinski definition) is 1. The van der Waals surface area contributed by atoms with E-state index in [0.29, 0.717) is 41.8 Å². The van der Waals surface area contributed by atoms with E-state index in [1.165, 1.54) is 0 Å². The van der Waals surface area contributed by atoms with Crippen LogP contribution in [0.5, 0.6) is 0 Å². The van der Waals surface area contributed by atoms with E-state index in [1.807, 2.05) is 97.7 Å². The van der Waals surface area contributed by atoms with Crippen LogP contribution in [-0.4, -0.2) is 40.5 Å². The van der Waals surface area contributed by atoms with Gasteiger partial charge in [0, 0.05) is 16.6 Å². The fourth-order valence-electron chi connectivity index (χ4n) is 4.48. The summed E-state index contributed by atoms with van der Waals surface area (Å²) in [4.78, 5) is 34.4. The second kappa shape index (κ2) is 12.1. The van der Waals surface area contributed by atoms with E-state index in [2.05, 4.69) is 21.2 Å². The lowest BCUT2D eigenvalue weighted by Gasteiger charge is -2.32. The van der Waals surface area contributed by atoms with Gasteiger partial charge in [-0.3, -0.25) is 14.2 Å². The van der Waals surface area contributed by atoms with Crippen LogP contribution >= 0.6 is 15.9 Å². The second-order valence-corrected chi connectivity index (χ2v) is 9.67. The van der Waals surface area contributed by atoms with Crippen LogP contribution in [0.3, 0.4) is 0 Å². The molecule has 7 heteroatoms. The van der Waals surface area contributed by atoms with Crippen LogP contribution in [0.4, 0.5) is 0 Å². The molecule has 1 unspecified atom stereocenters. The molecule has 0 saturated heterocycles. The fourth-order valence-corrected chi connectivity index (χ4v) is 4.75. The Balaban J connectivity index is 1.85. The van der Waals surface area contributed by atoms with Crippen LogP contribution in [0.25, 0.3) is 10.9 Å². The summed E-state index contributed by atoms with van der Waals surface area (Å²) in [6, 6.07) is 24.4. The third kappa shape index (κ3) is 5.74. The molecule has 0 radical (unpaired) electrons. The van der Waals surface area contributed by atoms with Crippen molar-refractivity contribution in [2.24, 2.45) is 0 Å². The Morgan fingerprint density at radius 1 is 1.03 bits per heavy atom. The number of nitrogens with zero attached hydrogens (tertiary/aromatic N) is 3. The van der Waals surface area contributed by atoms with Crippen molar-refractivity contribution in [1.29, 1.82) is 0 Å². The molecule has 1 amide bonds. The molecule has 1 heterocycles. The van der Waals surface area contributed by atoms with Crippen LogP contribution in [0.15, 0.2) is 88.1 Å². The van der Waals surface area contributed by atoms with Gasteiger partial charge in [0.15, 0.2) is 0 Å². The molecular weight excluding hydrogens is 516 g/mol. The Morgan fingerprint density at radius 3 is 2.42 bits per heavy atom. The van der Waals surface area contributed by atoms with E-state index in [9.17, 15) is 9.59 Å². The molecule has 0 spiro atoms. The number of halogens is 1. The van der Waals surface area contributed by atoms with Gasteiger partial charge in [0.1, 0.15) is 5.82 Å². The SMILES string of the molecule is CCC(c1nc2ccccc2c(=O)n1Cc1ccccc1)N(CCCNC)C(=O)c1ccc(Br)cc1. The number of carbonyl (C=O) groups excluding carboxylic acids is 1. The average Bonchev–Trinajstić information content (AvgIpc) is 2.91. The van der Waals surface area contributed by atoms with E-state index >= 15 is 0 Å². The van der Waals surface area contributed by atoms with Gasteiger partial charge in [-0.05, 0) is 68.4 Å². The van der Waals surface area contributed by atoms with Gasteiger partial charge >= 0.3 is 0 Å². The smallest absolute Gasteiger partial charge is 0.261 e. The number of aromatic nitrogens is 2. The maximum atomic E-state index is 13.8. The van der Waals surface area contributed by atoms with E-state index in [0.717, 1.165) is 23.0 Å². The van der Waals surface area contributed by atoms with E-state index in [-0.39, 0.29) is 17.5 Å². The summed E-state index contributed by atoms with van der Waals surface area (Å²) in [5.74, 6) is 0.541. The van der Waals surface area contributed by atoms with E-state index in [4.69, 9.17) is 4.98 Å². The average molecular weight is 547 g/mol. The molecule has 0 aliphatic heterocycles. The number of rotatable bonds is 10. The Bertz CT molecular complexity index is 1370. The molecule has 3 aromatic carbocycles. The van der Waals surface area contributed by atoms with E-state index in [1.54, 1.807) is 4.57 Å². The minimum Gasteiger partial charge on any atom is -0.328 e. The molecule has 0 saturated carbocycles. The first-order chi connectivity index (χ1) is 17.5. The topological polar surface area (TPSA) is 67.2 Å². The quantitative estimate of drug-likeness (QED) is 0.270. The molecule has 0 bridgehead atoms. The lowest BCUT2D eigenvalue weighted by molar-refractivity contribution is 0.0654. The number of benzene rings is 3. The normalized spacial score (nSPS) is 12.0. The predicted octanol–water partition coefficient (Wildman–Crippen LogP) is 5.41. The molecule has 0 aliphatic rings. The van der Waals surface area contributed by atoms with Crippen molar-refractivity contribution >= 4 is 32.7 Å². The van der Waals surface area contributed by atoms with E-state index < -0.39 is 0 Å². The van der Waals surface area contributed by atoms with Crippen LogP contribution < -0.4 is 10.9 Å². The van der Waals surface area contributed by atoms with Gasteiger partial charge in [0.25, 0.3) is 11.5 Å². The van der Waals surface area contributed by atoms with Crippen molar-refractivity contribution in [3.8, 4) is 0 Å². The summed E-state index contributed by atoms with van der Waals surface area (Å²) in [6.07, 6.45) is 1.41. The molecule has 36 heavy (non-hydrogen) atoms. The first-order valence-electron chi connectivity index (χ1n) is 12.3. The van der Waals surface area contributed by atoms with Gasteiger partial charge < -0.3 is 10.2 Å². The van der Waals surface area contributed by atoms with Gasteiger partial charge in [-0.25, -0.2) is 4.98 Å². The molecule has 1 atom stereocenters. The zero-order valence-corrected chi connectivity index (χ0v) is 22.2. The molecule has 0 aliphatic carbocycles. The molecular formula is C29H31BrN4O2. The molecule has 186 valence electrons. The second-order valence-electron chi connectivity index (χ2n) is 8.75. The lowest BCUT2D eigenvalue weighted by Crippen LogP contribution is -2.40. The first kappa shape index (κ1) is 25.8. The maximum Gasteiger partial charge on any atom is 0.261 e. The van der Waals surface area contributed by atoms with Gasteiger partial charge in [0.2, 0.25) is 0 Å². The van der Waals surface area contributed by atoms with Gasteiger partial charge in [-0.15, -0.1) is 0 Å². The summed E-state index contributed by atoms with van der Waals surface area (Å²) >= 11 is 3.45. The number of hydrogen-bond acceptors (Lipinski definition) is 4. The van der Waals surface area contributed by atoms with Crippen molar-refractivity contribution in [2.75, 3.05) is 20.1 Å². The maximum absolute atomic E-state index is 13.8. The van der Waals surface area contributed by atoms with Crippen LogP contribution in [0.2, 0.25) is 0 Å². The van der Waals surface area contributed by atoms with Crippen molar-refractivity contribution in [3.05, 3.63) is 111 Å². The molecule has 0 fully saturated rings. The fraction of sp³-hybridized carbons (Fsp3) is 0.276. The first-order valence-corrected chi connectivity index (χ1v) is 13.1. The largest absolute Gasteiger partial charge is 0.328 e. The van der Waals surface area contributed by atoms with Gasteiger partial charge in [0.05, 0.1) is 23.5 Å². The molecule has 1 N–H and O–H groups in total. The summed E-state index contributed by atoms with van der Waals surface area (Å²) in [6.45, 7) is 3.75. The third-order valence-electron chi connectivity index (χ3n) is 6.31.